The third kappa shape index (κ3) is 3.95. The summed E-state index contributed by atoms with van der Waals surface area (Å²) in [5.41, 5.74) is 0.722. The van der Waals surface area contributed by atoms with Crippen LogP contribution in [0.4, 0.5) is 4.39 Å². The highest BCUT2D eigenvalue weighted by atomic mass is 19.1. The van der Waals surface area contributed by atoms with Gasteiger partial charge in [-0.2, -0.15) is 0 Å². The van der Waals surface area contributed by atoms with Gasteiger partial charge in [0.25, 0.3) is 0 Å². The minimum atomic E-state index is -0.185. The fraction of sp³-hybridized carbons (Fsp3) is 0.647. The molecule has 0 amide bonds. The van der Waals surface area contributed by atoms with Crippen LogP contribution < -0.4 is 10.1 Å². The number of benzene rings is 1. The molecule has 20 heavy (non-hydrogen) atoms. The van der Waals surface area contributed by atoms with Crippen LogP contribution in [0.1, 0.15) is 51.0 Å². The third-order valence-corrected chi connectivity index (χ3v) is 4.47. The van der Waals surface area contributed by atoms with E-state index < -0.39 is 0 Å². The second-order valence-corrected chi connectivity index (χ2v) is 5.75. The van der Waals surface area contributed by atoms with Crippen LogP contribution in [0.3, 0.4) is 0 Å². The highest BCUT2D eigenvalue weighted by Gasteiger charge is 2.22. The first-order valence-corrected chi connectivity index (χ1v) is 7.80. The van der Waals surface area contributed by atoms with Crippen molar-refractivity contribution in [2.45, 2.75) is 58.0 Å². The summed E-state index contributed by atoms with van der Waals surface area (Å²) in [5.74, 6) is 1.15. The van der Waals surface area contributed by atoms with Crippen molar-refractivity contribution < 1.29 is 9.13 Å². The van der Waals surface area contributed by atoms with Gasteiger partial charge in [-0.25, -0.2) is 4.39 Å². The fourth-order valence-corrected chi connectivity index (χ4v) is 3.22. The lowest BCUT2D eigenvalue weighted by atomic mass is 9.83. The van der Waals surface area contributed by atoms with Gasteiger partial charge < -0.3 is 10.1 Å². The zero-order chi connectivity index (χ0) is 14.4. The Labute approximate surface area is 121 Å². The van der Waals surface area contributed by atoms with E-state index in [1.54, 1.807) is 7.11 Å². The predicted molar refractivity (Wildman–Crippen MR) is 80.4 cm³/mol. The van der Waals surface area contributed by atoms with E-state index in [-0.39, 0.29) is 5.82 Å². The molecule has 2 nitrogen and oxygen atoms in total. The van der Waals surface area contributed by atoms with Gasteiger partial charge in [0.15, 0.2) is 0 Å². The van der Waals surface area contributed by atoms with Gasteiger partial charge in [-0.15, -0.1) is 0 Å². The van der Waals surface area contributed by atoms with Crippen LogP contribution in [0.2, 0.25) is 0 Å². The molecule has 0 spiro atoms. The first kappa shape index (κ1) is 15.3. The van der Waals surface area contributed by atoms with Gasteiger partial charge in [-0.05, 0) is 31.2 Å². The van der Waals surface area contributed by atoms with E-state index in [1.807, 2.05) is 12.1 Å². The molecule has 1 N–H and O–H groups in total. The van der Waals surface area contributed by atoms with Crippen molar-refractivity contribution in [3.8, 4) is 5.75 Å². The summed E-state index contributed by atoms with van der Waals surface area (Å²) in [6.07, 6.45) is 7.81. The van der Waals surface area contributed by atoms with Gasteiger partial charge in [0.2, 0.25) is 0 Å². The van der Waals surface area contributed by atoms with E-state index in [1.165, 1.54) is 38.2 Å². The van der Waals surface area contributed by atoms with Crippen LogP contribution in [-0.2, 0) is 6.54 Å². The van der Waals surface area contributed by atoms with E-state index in [0.717, 1.165) is 17.9 Å². The molecule has 0 aromatic heterocycles. The summed E-state index contributed by atoms with van der Waals surface area (Å²) >= 11 is 0. The van der Waals surface area contributed by atoms with Crippen LogP contribution in [0.15, 0.2) is 18.2 Å². The van der Waals surface area contributed by atoms with Crippen molar-refractivity contribution in [3.05, 3.63) is 29.6 Å². The Morgan fingerprint density at radius 3 is 2.65 bits per heavy atom. The van der Waals surface area contributed by atoms with E-state index >= 15 is 0 Å². The molecule has 0 bridgehead atoms. The van der Waals surface area contributed by atoms with Gasteiger partial charge in [-0.3, -0.25) is 0 Å². The number of ether oxygens (including phenoxy) is 1. The Hall–Kier alpha value is -1.09. The van der Waals surface area contributed by atoms with Crippen LogP contribution in [-0.4, -0.2) is 13.2 Å². The minimum absolute atomic E-state index is 0.185. The summed E-state index contributed by atoms with van der Waals surface area (Å²) in [4.78, 5) is 0. The first-order chi connectivity index (χ1) is 9.74. The lowest BCUT2D eigenvalue weighted by Crippen LogP contribution is -2.36. The molecule has 1 fully saturated rings. The average molecular weight is 279 g/mol. The van der Waals surface area contributed by atoms with Crippen molar-refractivity contribution in [1.82, 2.24) is 5.32 Å². The van der Waals surface area contributed by atoms with Crippen LogP contribution >= 0.6 is 0 Å². The molecule has 0 heterocycles. The second kappa shape index (κ2) is 7.63. The Bertz CT molecular complexity index is 415. The molecule has 1 aromatic carbocycles. The molecule has 0 aliphatic heterocycles. The monoisotopic (exact) mass is 279 g/mol. The van der Waals surface area contributed by atoms with Crippen molar-refractivity contribution in [1.29, 1.82) is 0 Å². The summed E-state index contributed by atoms with van der Waals surface area (Å²) in [6, 6.07) is 5.60. The first-order valence-electron chi connectivity index (χ1n) is 7.80. The number of halogens is 1. The highest BCUT2D eigenvalue weighted by Crippen LogP contribution is 2.28. The summed E-state index contributed by atoms with van der Waals surface area (Å²) in [6.45, 7) is 2.82. The van der Waals surface area contributed by atoms with Gasteiger partial charge in [-0.1, -0.05) is 32.3 Å². The molecule has 1 aliphatic carbocycles. The van der Waals surface area contributed by atoms with Crippen LogP contribution in [0, 0.1) is 11.7 Å². The van der Waals surface area contributed by atoms with E-state index in [4.69, 9.17) is 4.74 Å². The van der Waals surface area contributed by atoms with Crippen molar-refractivity contribution in [3.63, 3.8) is 0 Å². The molecule has 0 saturated heterocycles. The maximum absolute atomic E-state index is 13.9. The normalized spacial score (nSPS) is 17.9. The third-order valence-electron chi connectivity index (χ3n) is 4.47. The molecule has 3 heteroatoms. The van der Waals surface area contributed by atoms with Gasteiger partial charge in [0.05, 0.1) is 7.11 Å². The largest absolute Gasteiger partial charge is 0.497 e. The second-order valence-electron chi connectivity index (χ2n) is 5.75. The zero-order valence-corrected chi connectivity index (χ0v) is 12.6. The smallest absolute Gasteiger partial charge is 0.131 e. The minimum Gasteiger partial charge on any atom is -0.497 e. The molecule has 1 saturated carbocycles. The Morgan fingerprint density at radius 2 is 2.05 bits per heavy atom. The van der Waals surface area contributed by atoms with Crippen molar-refractivity contribution in [2.24, 2.45) is 5.92 Å². The number of nitrogens with one attached hydrogen (secondary N) is 1. The van der Waals surface area contributed by atoms with Crippen molar-refractivity contribution in [2.75, 3.05) is 7.11 Å². The highest BCUT2D eigenvalue weighted by molar-refractivity contribution is 5.28. The Balaban J connectivity index is 1.92. The van der Waals surface area contributed by atoms with Crippen LogP contribution in [0.25, 0.3) is 0 Å². The molecule has 2 rings (SSSR count). The molecule has 1 aromatic rings. The number of rotatable bonds is 6. The molecule has 112 valence electrons. The molecule has 1 aliphatic rings. The average Bonchev–Trinajstić information content (AvgIpc) is 2.50. The quantitative estimate of drug-likeness (QED) is 0.839. The molecular weight excluding hydrogens is 253 g/mol. The number of hydrogen-bond acceptors (Lipinski definition) is 2. The summed E-state index contributed by atoms with van der Waals surface area (Å²) in [5, 5.41) is 3.55. The van der Waals surface area contributed by atoms with Gasteiger partial charge in [0.1, 0.15) is 11.6 Å². The molecule has 0 radical (unpaired) electrons. The van der Waals surface area contributed by atoms with Gasteiger partial charge in [0, 0.05) is 24.2 Å². The fourth-order valence-electron chi connectivity index (χ4n) is 3.22. The number of hydrogen-bond donors (Lipinski definition) is 1. The van der Waals surface area contributed by atoms with Crippen molar-refractivity contribution >= 4 is 0 Å². The Kier molecular flexibility index (Phi) is 5.84. The van der Waals surface area contributed by atoms with E-state index in [0.29, 0.717) is 18.3 Å². The lowest BCUT2D eigenvalue weighted by Gasteiger charge is -2.30. The standard InChI is InChI=1S/C17H26FNO/c1-3-17(13-7-5-4-6-8-13)19-12-14-9-10-15(20-2)11-16(14)18/h9-11,13,17,19H,3-8,12H2,1-2H3. The SMILES string of the molecule is CCC(NCc1ccc(OC)cc1F)C1CCCCC1. The molecule has 1 unspecified atom stereocenters. The van der Waals surface area contributed by atoms with Crippen LogP contribution in [0.5, 0.6) is 5.75 Å². The Morgan fingerprint density at radius 1 is 1.30 bits per heavy atom. The summed E-state index contributed by atoms with van der Waals surface area (Å²) in [7, 11) is 1.56. The predicted octanol–water partition coefficient (Wildman–Crippen LogP) is 4.28. The molecule has 1 atom stereocenters. The molecular formula is C17H26FNO. The van der Waals surface area contributed by atoms with Gasteiger partial charge >= 0.3 is 0 Å². The summed E-state index contributed by atoms with van der Waals surface area (Å²) < 4.78 is 18.9. The zero-order valence-electron chi connectivity index (χ0n) is 12.6. The lowest BCUT2D eigenvalue weighted by molar-refractivity contribution is 0.261. The topological polar surface area (TPSA) is 21.3 Å². The maximum Gasteiger partial charge on any atom is 0.131 e. The number of methoxy groups -OCH3 is 1. The van der Waals surface area contributed by atoms with E-state index in [9.17, 15) is 4.39 Å². The van der Waals surface area contributed by atoms with E-state index in [2.05, 4.69) is 12.2 Å². The maximum atomic E-state index is 13.9.